The van der Waals surface area contributed by atoms with E-state index in [2.05, 4.69) is 9.97 Å². The maximum atomic E-state index is 11.6. The van der Waals surface area contributed by atoms with Gasteiger partial charge in [0, 0.05) is 18.6 Å². The molecular weight excluding hydrogens is 248 g/mol. The Bertz CT molecular complexity index is 577. The first-order valence-corrected chi connectivity index (χ1v) is 6.24. The summed E-state index contributed by atoms with van der Waals surface area (Å²) in [4.78, 5) is 18.7. The van der Waals surface area contributed by atoms with Crippen molar-refractivity contribution in [3.63, 3.8) is 0 Å². The van der Waals surface area contributed by atoms with Crippen molar-refractivity contribution >= 4 is 17.0 Å². The summed E-state index contributed by atoms with van der Waals surface area (Å²) in [6, 6.07) is 3.57. The van der Waals surface area contributed by atoms with E-state index >= 15 is 0 Å². The van der Waals surface area contributed by atoms with Crippen LogP contribution < -0.4 is 9.47 Å². The number of nitrogens with zero attached hydrogens (tertiary/aromatic N) is 1. The number of nitrogens with one attached hydrogen (secondary N) is 1. The molecule has 6 nitrogen and oxygen atoms in total. The molecule has 0 saturated carbocycles. The molecule has 0 radical (unpaired) electrons. The molecule has 1 aliphatic rings. The highest BCUT2D eigenvalue weighted by atomic mass is 16.5. The number of benzene rings is 1. The first kappa shape index (κ1) is 11.8. The Balaban J connectivity index is 2.01. The van der Waals surface area contributed by atoms with Crippen molar-refractivity contribution in [1.82, 2.24) is 9.97 Å². The molecule has 19 heavy (non-hydrogen) atoms. The number of fused-ring (bicyclic) bond motifs is 2. The van der Waals surface area contributed by atoms with Gasteiger partial charge in [-0.15, -0.1) is 0 Å². The van der Waals surface area contributed by atoms with E-state index in [-0.39, 0.29) is 5.82 Å². The van der Waals surface area contributed by atoms with E-state index in [0.717, 1.165) is 11.9 Å². The molecule has 0 amide bonds. The summed E-state index contributed by atoms with van der Waals surface area (Å²) in [5.74, 6) is 1.06. The predicted octanol–water partition coefficient (Wildman–Crippen LogP) is 1.90. The van der Waals surface area contributed by atoms with Crippen LogP contribution in [-0.4, -0.2) is 35.8 Å². The minimum Gasteiger partial charge on any atom is -0.489 e. The lowest BCUT2D eigenvalue weighted by molar-refractivity contribution is 0.0513. The van der Waals surface area contributed by atoms with E-state index in [1.807, 2.05) is 0 Å². The first-order valence-electron chi connectivity index (χ1n) is 6.24. The lowest BCUT2D eigenvalue weighted by atomic mass is 10.3. The van der Waals surface area contributed by atoms with E-state index in [4.69, 9.17) is 14.2 Å². The van der Waals surface area contributed by atoms with Gasteiger partial charge in [-0.2, -0.15) is 0 Å². The highest BCUT2D eigenvalue weighted by molar-refractivity contribution is 5.91. The molecule has 0 atom stereocenters. The SMILES string of the molecule is CCOC(=O)c1nc2cc3c(cc2[nH]1)OCCCO3. The summed E-state index contributed by atoms with van der Waals surface area (Å²) in [7, 11) is 0. The minimum atomic E-state index is -0.462. The number of ether oxygens (including phenoxy) is 3. The van der Waals surface area contributed by atoms with Crippen LogP contribution in [-0.2, 0) is 4.74 Å². The Hall–Kier alpha value is -2.24. The summed E-state index contributed by atoms with van der Waals surface area (Å²) < 4.78 is 16.1. The second-order valence-electron chi connectivity index (χ2n) is 4.17. The van der Waals surface area contributed by atoms with Gasteiger partial charge in [0.15, 0.2) is 11.5 Å². The number of aromatic amines is 1. The van der Waals surface area contributed by atoms with Gasteiger partial charge in [-0.25, -0.2) is 9.78 Å². The number of aromatic nitrogens is 2. The highest BCUT2D eigenvalue weighted by Crippen LogP contribution is 2.33. The van der Waals surface area contributed by atoms with E-state index in [9.17, 15) is 4.79 Å². The Morgan fingerprint density at radius 2 is 2.11 bits per heavy atom. The smallest absolute Gasteiger partial charge is 0.374 e. The molecule has 2 heterocycles. The van der Waals surface area contributed by atoms with Crippen LogP contribution in [0.1, 0.15) is 24.0 Å². The van der Waals surface area contributed by atoms with Crippen LogP contribution in [0.4, 0.5) is 0 Å². The van der Waals surface area contributed by atoms with Crippen molar-refractivity contribution in [2.24, 2.45) is 0 Å². The molecule has 3 rings (SSSR count). The number of hydrogen-bond donors (Lipinski definition) is 1. The standard InChI is InChI=1S/C13H14N2O4/c1-2-17-13(16)12-14-8-6-10-11(7-9(8)15-12)19-5-3-4-18-10/h6-7H,2-5H2,1H3,(H,14,15). The van der Waals surface area contributed by atoms with Crippen molar-refractivity contribution in [2.75, 3.05) is 19.8 Å². The van der Waals surface area contributed by atoms with Gasteiger partial charge in [-0.3, -0.25) is 0 Å². The number of imidazole rings is 1. The number of esters is 1. The highest BCUT2D eigenvalue weighted by Gasteiger charge is 2.17. The zero-order chi connectivity index (χ0) is 13.2. The largest absolute Gasteiger partial charge is 0.489 e. The fourth-order valence-electron chi connectivity index (χ4n) is 1.96. The molecule has 1 N–H and O–H groups in total. The van der Waals surface area contributed by atoms with Crippen molar-refractivity contribution in [3.8, 4) is 11.5 Å². The normalized spacial score (nSPS) is 14.2. The fourth-order valence-corrected chi connectivity index (χ4v) is 1.96. The number of carbonyl (C=O) groups is 1. The molecule has 1 aromatic carbocycles. The molecule has 2 aromatic rings. The van der Waals surface area contributed by atoms with E-state index < -0.39 is 5.97 Å². The molecule has 0 saturated heterocycles. The van der Waals surface area contributed by atoms with Gasteiger partial charge in [0.05, 0.1) is 30.9 Å². The average molecular weight is 262 g/mol. The van der Waals surface area contributed by atoms with Crippen LogP contribution in [0, 0.1) is 0 Å². The maximum absolute atomic E-state index is 11.6. The topological polar surface area (TPSA) is 73.4 Å². The lowest BCUT2D eigenvalue weighted by Gasteiger charge is -2.05. The van der Waals surface area contributed by atoms with Crippen LogP contribution in [0.5, 0.6) is 11.5 Å². The van der Waals surface area contributed by atoms with Gasteiger partial charge in [-0.1, -0.05) is 0 Å². The Morgan fingerprint density at radius 3 is 2.84 bits per heavy atom. The van der Waals surface area contributed by atoms with Gasteiger partial charge < -0.3 is 19.2 Å². The van der Waals surface area contributed by atoms with Gasteiger partial charge in [0.25, 0.3) is 0 Å². The van der Waals surface area contributed by atoms with Crippen LogP contribution in [0.2, 0.25) is 0 Å². The third-order valence-electron chi connectivity index (χ3n) is 2.82. The molecule has 6 heteroatoms. The zero-order valence-electron chi connectivity index (χ0n) is 10.6. The summed E-state index contributed by atoms with van der Waals surface area (Å²) >= 11 is 0. The molecular formula is C13H14N2O4. The van der Waals surface area contributed by atoms with Crippen molar-refractivity contribution in [2.45, 2.75) is 13.3 Å². The fraction of sp³-hybridized carbons (Fsp3) is 0.385. The molecule has 1 aromatic heterocycles. The summed E-state index contributed by atoms with van der Waals surface area (Å²) in [5.41, 5.74) is 1.39. The zero-order valence-corrected chi connectivity index (χ0v) is 10.6. The first-order chi connectivity index (χ1) is 9.28. The second-order valence-corrected chi connectivity index (χ2v) is 4.17. The van der Waals surface area contributed by atoms with E-state index in [0.29, 0.717) is 36.8 Å². The number of rotatable bonds is 2. The van der Waals surface area contributed by atoms with Crippen LogP contribution in [0.25, 0.3) is 11.0 Å². The summed E-state index contributed by atoms with van der Waals surface area (Å²) in [5, 5.41) is 0. The van der Waals surface area contributed by atoms with Gasteiger partial charge in [-0.05, 0) is 6.92 Å². The monoisotopic (exact) mass is 262 g/mol. The van der Waals surface area contributed by atoms with Crippen LogP contribution in [0.15, 0.2) is 12.1 Å². The van der Waals surface area contributed by atoms with E-state index in [1.54, 1.807) is 19.1 Å². The molecule has 0 bridgehead atoms. The Kier molecular flexibility index (Phi) is 2.98. The van der Waals surface area contributed by atoms with Gasteiger partial charge in [0.2, 0.25) is 5.82 Å². The second kappa shape index (κ2) is 4.79. The summed E-state index contributed by atoms with van der Waals surface area (Å²) in [6.07, 6.45) is 0.851. The number of H-pyrrole nitrogens is 1. The maximum Gasteiger partial charge on any atom is 0.374 e. The minimum absolute atomic E-state index is 0.192. The molecule has 0 unspecified atom stereocenters. The van der Waals surface area contributed by atoms with Crippen LogP contribution in [0.3, 0.4) is 0 Å². The third-order valence-corrected chi connectivity index (χ3v) is 2.82. The van der Waals surface area contributed by atoms with Crippen molar-refractivity contribution in [1.29, 1.82) is 0 Å². The summed E-state index contributed by atoms with van der Waals surface area (Å²) in [6.45, 7) is 3.31. The number of carbonyl (C=O) groups excluding carboxylic acids is 1. The predicted molar refractivity (Wildman–Crippen MR) is 67.7 cm³/mol. The average Bonchev–Trinajstić information content (AvgIpc) is 2.67. The molecule has 100 valence electrons. The number of hydrogen-bond acceptors (Lipinski definition) is 5. The van der Waals surface area contributed by atoms with Gasteiger partial charge >= 0.3 is 5.97 Å². The van der Waals surface area contributed by atoms with Crippen molar-refractivity contribution < 1.29 is 19.0 Å². The van der Waals surface area contributed by atoms with E-state index in [1.165, 1.54) is 0 Å². The van der Waals surface area contributed by atoms with Crippen LogP contribution >= 0.6 is 0 Å². The Labute approximate surface area is 109 Å². The quantitative estimate of drug-likeness (QED) is 0.837. The molecule has 0 aliphatic carbocycles. The molecule has 1 aliphatic heterocycles. The van der Waals surface area contributed by atoms with Crippen molar-refractivity contribution in [3.05, 3.63) is 18.0 Å². The third kappa shape index (κ3) is 2.21. The van der Waals surface area contributed by atoms with Gasteiger partial charge in [0.1, 0.15) is 0 Å². The lowest BCUT2D eigenvalue weighted by Crippen LogP contribution is -2.06. The molecule has 0 fully saturated rings. The Morgan fingerprint density at radius 1 is 1.37 bits per heavy atom. The molecule has 0 spiro atoms.